The van der Waals surface area contributed by atoms with Gasteiger partial charge in [0.25, 0.3) is 5.91 Å². The van der Waals surface area contributed by atoms with Gasteiger partial charge in [0.05, 0.1) is 0 Å². The Balaban J connectivity index is 1.56. The summed E-state index contributed by atoms with van der Waals surface area (Å²) in [5.74, 6) is 0.867. The zero-order chi connectivity index (χ0) is 17.6. The van der Waals surface area contributed by atoms with Gasteiger partial charge in [-0.25, -0.2) is 0 Å². The summed E-state index contributed by atoms with van der Waals surface area (Å²) in [6.45, 7) is 4.47. The number of carbonyl (C=O) groups excluding carboxylic acids is 1. The Morgan fingerprint density at radius 1 is 0.920 bits per heavy atom. The predicted octanol–water partition coefficient (Wildman–Crippen LogP) is 4.53. The summed E-state index contributed by atoms with van der Waals surface area (Å²) in [5, 5.41) is 5.23. The molecule has 1 N–H and O–H groups in total. The lowest BCUT2D eigenvalue weighted by atomic mass is 10.0. The molecule has 0 fully saturated rings. The van der Waals surface area contributed by atoms with Crippen LogP contribution in [0.3, 0.4) is 0 Å². The third-order valence-corrected chi connectivity index (χ3v) is 4.35. The van der Waals surface area contributed by atoms with Crippen LogP contribution in [0.5, 0.6) is 5.75 Å². The Kier molecular flexibility index (Phi) is 5.34. The molecule has 0 aliphatic carbocycles. The maximum absolute atomic E-state index is 12.3. The minimum absolute atomic E-state index is 0.101. The highest BCUT2D eigenvalue weighted by Crippen LogP contribution is 2.21. The maximum atomic E-state index is 12.3. The molecule has 1 amide bonds. The lowest BCUT2D eigenvalue weighted by Gasteiger charge is -2.17. The van der Waals surface area contributed by atoms with Crippen molar-refractivity contribution < 1.29 is 9.53 Å². The fourth-order valence-corrected chi connectivity index (χ4v) is 2.80. The van der Waals surface area contributed by atoms with Crippen LogP contribution in [-0.4, -0.2) is 18.6 Å². The second-order valence-electron chi connectivity index (χ2n) is 6.33. The van der Waals surface area contributed by atoms with E-state index in [0.717, 1.165) is 10.8 Å². The molecule has 0 spiro atoms. The van der Waals surface area contributed by atoms with E-state index in [4.69, 9.17) is 4.74 Å². The van der Waals surface area contributed by atoms with Crippen molar-refractivity contribution in [3.05, 3.63) is 78.4 Å². The van der Waals surface area contributed by atoms with Gasteiger partial charge in [0.15, 0.2) is 6.10 Å². The van der Waals surface area contributed by atoms with Gasteiger partial charge in [0.1, 0.15) is 5.75 Å². The van der Waals surface area contributed by atoms with Crippen LogP contribution in [0, 0.1) is 0 Å². The summed E-state index contributed by atoms with van der Waals surface area (Å²) >= 11 is 0. The normalized spacial score (nSPS) is 13.2. The first kappa shape index (κ1) is 17.0. The smallest absolute Gasteiger partial charge is 0.260 e. The van der Waals surface area contributed by atoms with Crippen molar-refractivity contribution in [2.75, 3.05) is 6.54 Å². The van der Waals surface area contributed by atoms with Crippen LogP contribution in [0.2, 0.25) is 0 Å². The van der Waals surface area contributed by atoms with Crippen molar-refractivity contribution in [3.8, 4) is 5.75 Å². The molecule has 0 aromatic heterocycles. The van der Waals surface area contributed by atoms with Gasteiger partial charge in [-0.1, -0.05) is 67.6 Å². The van der Waals surface area contributed by atoms with E-state index in [0.29, 0.717) is 12.3 Å². The van der Waals surface area contributed by atoms with Crippen molar-refractivity contribution in [2.45, 2.75) is 25.9 Å². The Morgan fingerprint density at radius 2 is 1.60 bits per heavy atom. The molecule has 2 atom stereocenters. The molecule has 0 saturated carbocycles. The van der Waals surface area contributed by atoms with Crippen LogP contribution in [0.4, 0.5) is 0 Å². The highest BCUT2D eigenvalue weighted by atomic mass is 16.5. The minimum atomic E-state index is -0.538. The minimum Gasteiger partial charge on any atom is -0.481 e. The highest BCUT2D eigenvalue weighted by molar-refractivity contribution is 5.84. The molecular weight excluding hydrogens is 310 g/mol. The second-order valence-corrected chi connectivity index (χ2v) is 6.33. The molecule has 3 aromatic carbocycles. The van der Waals surface area contributed by atoms with Crippen LogP contribution >= 0.6 is 0 Å². The number of hydrogen-bond acceptors (Lipinski definition) is 2. The predicted molar refractivity (Wildman–Crippen MR) is 102 cm³/mol. The van der Waals surface area contributed by atoms with E-state index in [1.54, 1.807) is 6.92 Å². The van der Waals surface area contributed by atoms with Crippen LogP contribution in [0.25, 0.3) is 10.8 Å². The van der Waals surface area contributed by atoms with E-state index in [1.165, 1.54) is 5.56 Å². The van der Waals surface area contributed by atoms with Gasteiger partial charge >= 0.3 is 0 Å². The molecule has 3 aromatic rings. The molecule has 3 nitrogen and oxygen atoms in total. The molecular formula is C22H23NO2. The number of hydrogen-bond donors (Lipinski definition) is 1. The van der Waals surface area contributed by atoms with Gasteiger partial charge in [-0.05, 0) is 41.3 Å². The first-order valence-corrected chi connectivity index (χ1v) is 8.61. The van der Waals surface area contributed by atoms with Crippen molar-refractivity contribution >= 4 is 16.7 Å². The SMILES string of the molecule is C[C@H](Oc1ccc2ccccc2c1)C(=O)NC[C@@H](C)c1ccccc1. The molecule has 25 heavy (non-hydrogen) atoms. The number of ether oxygens (including phenoxy) is 1. The first-order chi connectivity index (χ1) is 12.1. The number of nitrogens with one attached hydrogen (secondary N) is 1. The maximum Gasteiger partial charge on any atom is 0.260 e. The fraction of sp³-hybridized carbons (Fsp3) is 0.227. The van der Waals surface area contributed by atoms with Gasteiger partial charge in [-0.2, -0.15) is 0 Å². The van der Waals surface area contributed by atoms with E-state index < -0.39 is 6.10 Å². The number of fused-ring (bicyclic) bond motifs is 1. The molecule has 0 aliphatic rings. The summed E-state index contributed by atoms with van der Waals surface area (Å²) in [5.41, 5.74) is 1.21. The Hall–Kier alpha value is -2.81. The summed E-state index contributed by atoms with van der Waals surface area (Å²) in [6.07, 6.45) is -0.538. The van der Waals surface area contributed by atoms with Crippen molar-refractivity contribution in [3.63, 3.8) is 0 Å². The third-order valence-electron chi connectivity index (χ3n) is 4.35. The lowest BCUT2D eigenvalue weighted by Crippen LogP contribution is -2.38. The highest BCUT2D eigenvalue weighted by Gasteiger charge is 2.16. The molecule has 3 heteroatoms. The molecule has 0 bridgehead atoms. The molecule has 3 rings (SSSR count). The Labute approximate surface area is 148 Å². The molecule has 0 heterocycles. The Bertz CT molecular complexity index is 845. The van der Waals surface area contributed by atoms with Crippen LogP contribution in [0.15, 0.2) is 72.8 Å². The number of amides is 1. The van der Waals surface area contributed by atoms with Crippen molar-refractivity contribution in [1.82, 2.24) is 5.32 Å². The van der Waals surface area contributed by atoms with Crippen molar-refractivity contribution in [1.29, 1.82) is 0 Å². The van der Waals surface area contributed by atoms with Gasteiger partial charge < -0.3 is 10.1 Å². The summed E-state index contributed by atoms with van der Waals surface area (Å²) in [7, 11) is 0. The summed E-state index contributed by atoms with van der Waals surface area (Å²) < 4.78 is 5.81. The zero-order valence-electron chi connectivity index (χ0n) is 14.6. The number of rotatable bonds is 6. The third kappa shape index (κ3) is 4.38. The lowest BCUT2D eigenvalue weighted by molar-refractivity contribution is -0.127. The van der Waals surface area contributed by atoms with E-state index in [1.807, 2.05) is 54.6 Å². The van der Waals surface area contributed by atoms with Gasteiger partial charge in [-0.3, -0.25) is 4.79 Å². The topological polar surface area (TPSA) is 38.3 Å². The Morgan fingerprint density at radius 3 is 2.36 bits per heavy atom. The molecule has 0 saturated heterocycles. The van der Waals surface area contributed by atoms with Crippen LogP contribution in [0.1, 0.15) is 25.3 Å². The average Bonchev–Trinajstić information content (AvgIpc) is 2.66. The molecule has 0 aliphatic heterocycles. The second kappa shape index (κ2) is 7.84. The largest absolute Gasteiger partial charge is 0.481 e. The fourth-order valence-electron chi connectivity index (χ4n) is 2.80. The molecule has 0 unspecified atom stereocenters. The number of carbonyl (C=O) groups is 1. The van der Waals surface area contributed by atoms with E-state index in [9.17, 15) is 4.79 Å². The summed E-state index contributed by atoms with van der Waals surface area (Å²) in [6, 6.07) is 24.1. The zero-order valence-corrected chi connectivity index (χ0v) is 14.6. The van der Waals surface area contributed by atoms with Gasteiger partial charge in [0, 0.05) is 6.54 Å². The first-order valence-electron chi connectivity index (χ1n) is 8.61. The van der Waals surface area contributed by atoms with Crippen molar-refractivity contribution in [2.24, 2.45) is 0 Å². The van der Waals surface area contributed by atoms with E-state index in [-0.39, 0.29) is 11.8 Å². The average molecular weight is 333 g/mol. The number of benzene rings is 3. The standard InChI is InChI=1S/C22H23NO2/c1-16(18-8-4-3-5-9-18)15-23-22(24)17(2)25-21-13-12-19-10-6-7-11-20(19)14-21/h3-14,16-17H,15H2,1-2H3,(H,23,24)/t16-,17+/m1/s1. The quantitative estimate of drug-likeness (QED) is 0.720. The summed E-state index contributed by atoms with van der Waals surface area (Å²) in [4.78, 5) is 12.3. The monoisotopic (exact) mass is 333 g/mol. The van der Waals surface area contributed by atoms with Crippen LogP contribution < -0.4 is 10.1 Å². The van der Waals surface area contributed by atoms with E-state index >= 15 is 0 Å². The molecule has 128 valence electrons. The van der Waals surface area contributed by atoms with Gasteiger partial charge in [-0.15, -0.1) is 0 Å². The van der Waals surface area contributed by atoms with E-state index in [2.05, 4.69) is 30.4 Å². The molecule has 0 radical (unpaired) electrons. The van der Waals surface area contributed by atoms with Crippen LogP contribution in [-0.2, 0) is 4.79 Å². The van der Waals surface area contributed by atoms with Gasteiger partial charge in [0.2, 0.25) is 0 Å².